The third kappa shape index (κ3) is 4.54. The number of carboxylic acids is 1. The number of hydrogen-bond acceptors (Lipinski definition) is 3. The van der Waals surface area contributed by atoms with Gasteiger partial charge in [-0.2, -0.15) is 0 Å². The second kappa shape index (κ2) is 4.89. The Morgan fingerprint density at radius 1 is 1.55 bits per heavy atom. The molecule has 0 spiro atoms. The summed E-state index contributed by atoms with van der Waals surface area (Å²) in [5.41, 5.74) is 10.7. The number of carbonyl (C=O) groups is 1. The molecule has 11 heavy (non-hydrogen) atoms. The fourth-order valence-corrected chi connectivity index (χ4v) is 1.01. The Balaban J connectivity index is 3.64. The van der Waals surface area contributed by atoms with E-state index in [-0.39, 0.29) is 0 Å². The number of alkyl halides is 1. The van der Waals surface area contributed by atoms with Gasteiger partial charge < -0.3 is 16.6 Å². The van der Waals surface area contributed by atoms with Crippen LogP contribution in [0.1, 0.15) is 19.3 Å². The predicted molar refractivity (Wildman–Crippen MR) is 51.5 cm³/mol. The van der Waals surface area contributed by atoms with Crippen molar-refractivity contribution in [1.29, 1.82) is 0 Å². The molecule has 0 aromatic carbocycles. The van der Waals surface area contributed by atoms with Crippen LogP contribution in [-0.2, 0) is 4.79 Å². The monoisotopic (exact) mass is 272 g/mol. The van der Waals surface area contributed by atoms with E-state index in [1.807, 2.05) is 0 Å². The maximum atomic E-state index is 10.5. The van der Waals surface area contributed by atoms with Gasteiger partial charge in [0.05, 0.1) is 0 Å². The summed E-state index contributed by atoms with van der Waals surface area (Å²) in [6.45, 7) is 0.590. The molecule has 0 rings (SSSR count). The summed E-state index contributed by atoms with van der Waals surface area (Å²) in [5.74, 6) is -0.963. The third-order valence-corrected chi connectivity index (χ3v) is 2.35. The van der Waals surface area contributed by atoms with Gasteiger partial charge in [-0.05, 0) is 48.4 Å². The summed E-state index contributed by atoms with van der Waals surface area (Å²) in [5, 5.41) is 8.58. The predicted octanol–water partition coefficient (Wildman–Crippen LogP) is 0.290. The van der Waals surface area contributed by atoms with Gasteiger partial charge >= 0.3 is 5.97 Å². The Kier molecular flexibility index (Phi) is 4.94. The average molecular weight is 272 g/mol. The van der Waals surface area contributed by atoms with Gasteiger partial charge in [0.15, 0.2) is 3.55 Å². The summed E-state index contributed by atoms with van der Waals surface area (Å²) in [7, 11) is 0. The van der Waals surface area contributed by atoms with E-state index in [1.165, 1.54) is 0 Å². The first-order valence-electron chi connectivity index (χ1n) is 3.42. The summed E-state index contributed by atoms with van der Waals surface area (Å²) in [4.78, 5) is 10.5. The Hall–Kier alpha value is 0.120. The molecule has 0 bridgehead atoms. The number of hydrogen-bond donors (Lipinski definition) is 3. The van der Waals surface area contributed by atoms with Crippen LogP contribution in [0, 0.1) is 0 Å². The topological polar surface area (TPSA) is 89.3 Å². The number of rotatable bonds is 5. The summed E-state index contributed by atoms with van der Waals surface area (Å²) in [6, 6.07) is 0. The van der Waals surface area contributed by atoms with Crippen molar-refractivity contribution >= 4 is 28.6 Å². The van der Waals surface area contributed by atoms with Crippen molar-refractivity contribution in [2.24, 2.45) is 11.5 Å². The molecule has 0 amide bonds. The molecule has 66 valence electrons. The first-order chi connectivity index (χ1) is 5.00. The zero-order valence-corrected chi connectivity index (χ0v) is 8.37. The van der Waals surface area contributed by atoms with E-state index in [9.17, 15) is 4.79 Å². The van der Waals surface area contributed by atoms with Crippen LogP contribution >= 0.6 is 22.6 Å². The minimum atomic E-state index is -1.12. The minimum absolute atomic E-state index is 0.472. The minimum Gasteiger partial charge on any atom is -0.479 e. The van der Waals surface area contributed by atoms with Crippen molar-refractivity contribution in [3.8, 4) is 0 Å². The zero-order chi connectivity index (χ0) is 8.91. The molecular formula is C6H13IN2O2. The highest BCUT2D eigenvalue weighted by molar-refractivity contribution is 14.1. The van der Waals surface area contributed by atoms with Gasteiger partial charge in [0.1, 0.15) is 0 Å². The van der Waals surface area contributed by atoms with Gasteiger partial charge in [-0.1, -0.05) is 0 Å². The smallest absolute Gasteiger partial charge is 0.333 e. The molecule has 0 saturated carbocycles. The van der Waals surface area contributed by atoms with Crippen LogP contribution in [0.2, 0.25) is 0 Å². The summed E-state index contributed by atoms with van der Waals surface area (Å²) < 4.78 is -1.12. The van der Waals surface area contributed by atoms with Crippen LogP contribution in [-0.4, -0.2) is 21.2 Å². The quantitative estimate of drug-likeness (QED) is 0.290. The summed E-state index contributed by atoms with van der Waals surface area (Å²) >= 11 is 1.74. The summed E-state index contributed by atoms with van der Waals surface area (Å²) in [6.07, 6.45) is 2.07. The lowest BCUT2D eigenvalue weighted by Gasteiger charge is -2.15. The lowest BCUT2D eigenvalue weighted by Crippen LogP contribution is -2.41. The Morgan fingerprint density at radius 3 is 2.45 bits per heavy atom. The maximum Gasteiger partial charge on any atom is 0.333 e. The normalized spacial score (nSPS) is 15.9. The lowest BCUT2D eigenvalue weighted by atomic mass is 10.1. The van der Waals surface area contributed by atoms with Crippen LogP contribution in [0.5, 0.6) is 0 Å². The highest BCUT2D eigenvalue weighted by atomic mass is 127. The number of nitrogens with two attached hydrogens (primary N) is 2. The Morgan fingerprint density at radius 2 is 2.09 bits per heavy atom. The SMILES string of the molecule is NCCCC[C@@](N)(I)C(=O)O. The fourth-order valence-electron chi connectivity index (χ4n) is 0.634. The molecule has 0 aliphatic rings. The molecule has 0 aliphatic carbocycles. The largest absolute Gasteiger partial charge is 0.479 e. The van der Waals surface area contributed by atoms with Crippen LogP contribution in [0.4, 0.5) is 0 Å². The van der Waals surface area contributed by atoms with E-state index in [1.54, 1.807) is 22.6 Å². The van der Waals surface area contributed by atoms with Crippen molar-refractivity contribution < 1.29 is 9.90 Å². The Labute approximate surface area is 79.5 Å². The van der Waals surface area contributed by atoms with E-state index in [4.69, 9.17) is 16.6 Å². The van der Waals surface area contributed by atoms with E-state index in [0.29, 0.717) is 13.0 Å². The highest BCUT2D eigenvalue weighted by Gasteiger charge is 2.28. The molecule has 0 aliphatic heterocycles. The van der Waals surface area contributed by atoms with Crippen molar-refractivity contribution in [2.45, 2.75) is 22.8 Å². The maximum absolute atomic E-state index is 10.5. The van der Waals surface area contributed by atoms with Gasteiger partial charge in [-0.15, -0.1) is 0 Å². The molecule has 0 fully saturated rings. The molecular weight excluding hydrogens is 259 g/mol. The van der Waals surface area contributed by atoms with Crippen LogP contribution in [0.25, 0.3) is 0 Å². The van der Waals surface area contributed by atoms with E-state index < -0.39 is 9.51 Å². The Bertz CT molecular complexity index is 139. The lowest BCUT2D eigenvalue weighted by molar-refractivity contribution is -0.139. The first-order valence-corrected chi connectivity index (χ1v) is 4.50. The number of halogens is 1. The average Bonchev–Trinajstić information content (AvgIpc) is 1.88. The van der Waals surface area contributed by atoms with E-state index in [0.717, 1.165) is 12.8 Å². The van der Waals surface area contributed by atoms with Gasteiger partial charge in [-0.3, -0.25) is 0 Å². The number of aliphatic carboxylic acids is 1. The van der Waals surface area contributed by atoms with Crippen molar-refractivity contribution in [1.82, 2.24) is 0 Å². The molecule has 5 N–H and O–H groups in total. The molecule has 0 heterocycles. The highest BCUT2D eigenvalue weighted by Crippen LogP contribution is 2.19. The standard InChI is InChI=1S/C6H13IN2O2/c7-6(9,5(10)11)3-1-2-4-8/h1-4,8-9H2,(H,10,11)/t6-/m0/s1. The molecule has 5 heteroatoms. The first kappa shape index (κ1) is 11.1. The zero-order valence-electron chi connectivity index (χ0n) is 6.22. The third-order valence-electron chi connectivity index (χ3n) is 1.35. The molecule has 4 nitrogen and oxygen atoms in total. The molecule has 0 saturated heterocycles. The fraction of sp³-hybridized carbons (Fsp3) is 0.833. The molecule has 0 aromatic heterocycles. The van der Waals surface area contributed by atoms with Crippen LogP contribution in [0.3, 0.4) is 0 Å². The van der Waals surface area contributed by atoms with Crippen molar-refractivity contribution in [2.75, 3.05) is 6.54 Å². The molecule has 0 aromatic rings. The van der Waals surface area contributed by atoms with Gasteiger partial charge in [0, 0.05) is 0 Å². The van der Waals surface area contributed by atoms with E-state index >= 15 is 0 Å². The van der Waals surface area contributed by atoms with Crippen molar-refractivity contribution in [3.05, 3.63) is 0 Å². The number of unbranched alkanes of at least 4 members (excludes halogenated alkanes) is 1. The molecule has 1 atom stereocenters. The van der Waals surface area contributed by atoms with Crippen LogP contribution in [0.15, 0.2) is 0 Å². The number of carboxylic acid groups (broad SMARTS) is 1. The van der Waals surface area contributed by atoms with Crippen molar-refractivity contribution in [3.63, 3.8) is 0 Å². The van der Waals surface area contributed by atoms with E-state index in [2.05, 4.69) is 0 Å². The van der Waals surface area contributed by atoms with Gasteiger partial charge in [0.2, 0.25) is 0 Å². The van der Waals surface area contributed by atoms with Gasteiger partial charge in [-0.25, -0.2) is 4.79 Å². The second-order valence-electron chi connectivity index (χ2n) is 2.41. The van der Waals surface area contributed by atoms with Crippen LogP contribution < -0.4 is 11.5 Å². The molecule has 0 radical (unpaired) electrons. The second-order valence-corrected chi connectivity index (χ2v) is 4.34. The molecule has 0 unspecified atom stereocenters. The van der Waals surface area contributed by atoms with Gasteiger partial charge in [0.25, 0.3) is 0 Å².